The van der Waals surface area contributed by atoms with E-state index in [9.17, 15) is 0 Å². The zero-order chi connectivity index (χ0) is 22.4. The van der Waals surface area contributed by atoms with E-state index in [1.807, 2.05) is 30.3 Å². The first kappa shape index (κ1) is 20.3. The van der Waals surface area contributed by atoms with Crippen LogP contribution in [0.15, 0.2) is 118 Å². The number of rotatable bonds is 3. The van der Waals surface area contributed by atoms with E-state index in [1.165, 1.54) is 16.7 Å². The largest absolute Gasteiger partial charge is 0.456 e. The van der Waals surface area contributed by atoms with Crippen LogP contribution in [0.25, 0.3) is 55.3 Å². The molecule has 0 radical (unpaired) electrons. The maximum atomic E-state index is 6.24. The van der Waals surface area contributed by atoms with Crippen molar-refractivity contribution < 1.29 is 4.42 Å². The third kappa shape index (κ3) is 3.66. The lowest BCUT2D eigenvalue weighted by Crippen LogP contribution is -1.86. The fourth-order valence-electron chi connectivity index (χ4n) is 4.47. The highest BCUT2D eigenvalue weighted by Gasteiger charge is 2.13. The second kappa shape index (κ2) is 8.22. The van der Waals surface area contributed by atoms with Gasteiger partial charge in [0.15, 0.2) is 0 Å². The molecule has 0 N–H and O–H groups in total. The van der Waals surface area contributed by atoms with Gasteiger partial charge in [-0.2, -0.15) is 0 Å². The van der Waals surface area contributed by atoms with Gasteiger partial charge in [-0.3, -0.25) is 0 Å². The maximum Gasteiger partial charge on any atom is 0.136 e. The van der Waals surface area contributed by atoms with E-state index in [1.54, 1.807) is 0 Å². The van der Waals surface area contributed by atoms with Crippen LogP contribution in [0.1, 0.15) is 0 Å². The number of fused-ring (bicyclic) bond motifs is 3. The number of furan rings is 1. The van der Waals surface area contributed by atoms with E-state index in [2.05, 4.69) is 94.8 Å². The molecule has 158 valence electrons. The van der Waals surface area contributed by atoms with E-state index in [0.29, 0.717) is 0 Å². The zero-order valence-electron chi connectivity index (χ0n) is 17.6. The first-order valence-corrected chi connectivity index (χ1v) is 11.9. The lowest BCUT2D eigenvalue weighted by molar-refractivity contribution is 0.669. The number of hydrogen-bond donors (Lipinski definition) is 0. The Balaban J connectivity index is 1.51. The topological polar surface area (TPSA) is 13.1 Å². The van der Waals surface area contributed by atoms with E-state index >= 15 is 0 Å². The smallest absolute Gasteiger partial charge is 0.136 e. The van der Waals surface area contributed by atoms with Crippen molar-refractivity contribution in [2.75, 3.05) is 0 Å². The van der Waals surface area contributed by atoms with Crippen LogP contribution < -0.4 is 0 Å². The normalized spacial score (nSPS) is 11.3. The Bertz CT molecular complexity index is 1650. The minimum Gasteiger partial charge on any atom is -0.456 e. The standard InChI is InChI=1S/C30H18BrClO/c31-27-12-5-13-29-30(27)26-18-22(14-15-28(26)33-29)25-11-2-1-10-24(25)21-8-3-6-19(16-21)20-7-4-9-23(32)17-20/h1-18H. The Labute approximate surface area is 205 Å². The van der Waals surface area contributed by atoms with Crippen molar-refractivity contribution in [1.82, 2.24) is 0 Å². The third-order valence-corrected chi connectivity index (χ3v) is 6.91. The summed E-state index contributed by atoms with van der Waals surface area (Å²) in [5.74, 6) is 0. The molecular formula is C30H18BrClO. The number of halogens is 2. The van der Waals surface area contributed by atoms with Crippen molar-refractivity contribution in [2.24, 2.45) is 0 Å². The summed E-state index contributed by atoms with van der Waals surface area (Å²) in [6.45, 7) is 0. The van der Waals surface area contributed by atoms with E-state index in [0.717, 1.165) is 48.1 Å². The Morgan fingerprint density at radius 3 is 2.00 bits per heavy atom. The molecular weight excluding hydrogens is 492 g/mol. The molecule has 6 rings (SSSR count). The van der Waals surface area contributed by atoms with Crippen molar-refractivity contribution in [1.29, 1.82) is 0 Å². The molecule has 0 saturated carbocycles. The predicted octanol–water partition coefficient (Wildman–Crippen LogP) is 10.0. The third-order valence-electron chi connectivity index (χ3n) is 6.01. The molecule has 1 nitrogen and oxygen atoms in total. The minimum atomic E-state index is 0.741. The van der Waals surface area contributed by atoms with Crippen LogP contribution in [-0.4, -0.2) is 0 Å². The summed E-state index contributed by atoms with van der Waals surface area (Å²) in [7, 11) is 0. The summed E-state index contributed by atoms with van der Waals surface area (Å²) in [4.78, 5) is 0. The second-order valence-corrected chi connectivity index (χ2v) is 9.35. The molecule has 6 aromatic rings. The van der Waals surface area contributed by atoms with E-state index in [-0.39, 0.29) is 0 Å². The first-order valence-electron chi connectivity index (χ1n) is 10.7. The Morgan fingerprint density at radius 1 is 0.545 bits per heavy atom. The molecule has 3 heteroatoms. The molecule has 0 atom stereocenters. The molecule has 0 unspecified atom stereocenters. The quantitative estimate of drug-likeness (QED) is 0.231. The van der Waals surface area contributed by atoms with Gasteiger partial charge >= 0.3 is 0 Å². The highest BCUT2D eigenvalue weighted by Crippen LogP contribution is 2.39. The average Bonchev–Trinajstić information content (AvgIpc) is 3.23. The minimum absolute atomic E-state index is 0.741. The molecule has 0 aliphatic rings. The van der Waals surface area contributed by atoms with Gasteiger partial charge in [-0.25, -0.2) is 0 Å². The summed E-state index contributed by atoms with van der Waals surface area (Å²) >= 11 is 9.93. The van der Waals surface area contributed by atoms with Crippen LogP contribution >= 0.6 is 27.5 Å². The van der Waals surface area contributed by atoms with E-state index < -0.39 is 0 Å². The van der Waals surface area contributed by atoms with Gasteiger partial charge in [0.25, 0.3) is 0 Å². The highest BCUT2D eigenvalue weighted by molar-refractivity contribution is 9.10. The van der Waals surface area contributed by atoms with Gasteiger partial charge in [-0.15, -0.1) is 0 Å². The molecule has 33 heavy (non-hydrogen) atoms. The molecule has 0 saturated heterocycles. The van der Waals surface area contributed by atoms with Crippen molar-refractivity contribution >= 4 is 49.5 Å². The fraction of sp³-hybridized carbons (Fsp3) is 0. The average molecular weight is 510 g/mol. The van der Waals surface area contributed by atoms with Gasteiger partial charge < -0.3 is 4.42 Å². The molecule has 5 aromatic carbocycles. The maximum absolute atomic E-state index is 6.24. The van der Waals surface area contributed by atoms with Crippen molar-refractivity contribution in [3.05, 3.63) is 119 Å². The van der Waals surface area contributed by atoms with Gasteiger partial charge in [0.2, 0.25) is 0 Å². The Hall–Kier alpha value is -3.33. The molecule has 1 heterocycles. The fourth-order valence-corrected chi connectivity index (χ4v) is 5.22. The summed E-state index contributed by atoms with van der Waals surface area (Å²) < 4.78 is 7.11. The van der Waals surface area contributed by atoms with Crippen LogP contribution in [0.5, 0.6) is 0 Å². The number of benzene rings is 5. The Morgan fingerprint density at radius 2 is 1.21 bits per heavy atom. The molecule has 1 aromatic heterocycles. The zero-order valence-corrected chi connectivity index (χ0v) is 19.9. The van der Waals surface area contributed by atoms with Crippen LogP contribution in [0.2, 0.25) is 5.02 Å². The lowest BCUT2D eigenvalue weighted by atomic mass is 9.92. The summed E-state index contributed by atoms with van der Waals surface area (Å²) in [5, 5.41) is 2.96. The monoisotopic (exact) mass is 508 g/mol. The van der Waals surface area contributed by atoms with Gasteiger partial charge in [-0.05, 0) is 75.8 Å². The van der Waals surface area contributed by atoms with Crippen LogP contribution in [0.3, 0.4) is 0 Å². The lowest BCUT2D eigenvalue weighted by Gasteiger charge is -2.12. The number of hydrogen-bond acceptors (Lipinski definition) is 1. The molecule has 0 aliphatic heterocycles. The van der Waals surface area contributed by atoms with Crippen molar-refractivity contribution in [3.63, 3.8) is 0 Å². The van der Waals surface area contributed by atoms with Crippen LogP contribution in [0.4, 0.5) is 0 Å². The van der Waals surface area contributed by atoms with Crippen LogP contribution in [0, 0.1) is 0 Å². The second-order valence-electron chi connectivity index (χ2n) is 8.06. The van der Waals surface area contributed by atoms with E-state index in [4.69, 9.17) is 16.0 Å². The summed E-state index contributed by atoms with van der Waals surface area (Å²) in [5.41, 5.74) is 8.73. The molecule has 0 spiro atoms. The SMILES string of the molecule is Clc1cccc(-c2cccc(-c3ccccc3-c3ccc4oc5cccc(Br)c5c4c3)c2)c1. The van der Waals surface area contributed by atoms with Gasteiger partial charge in [0, 0.05) is 20.3 Å². The molecule has 0 aliphatic carbocycles. The van der Waals surface area contributed by atoms with Crippen molar-refractivity contribution in [3.8, 4) is 33.4 Å². The molecule has 0 amide bonds. The van der Waals surface area contributed by atoms with Crippen LogP contribution in [-0.2, 0) is 0 Å². The van der Waals surface area contributed by atoms with Gasteiger partial charge in [0.1, 0.15) is 11.2 Å². The summed E-state index contributed by atoms with van der Waals surface area (Å²) in [6.07, 6.45) is 0. The van der Waals surface area contributed by atoms with Crippen molar-refractivity contribution in [2.45, 2.75) is 0 Å². The first-order chi connectivity index (χ1) is 16.2. The van der Waals surface area contributed by atoms with Gasteiger partial charge in [-0.1, -0.05) is 94.3 Å². The predicted molar refractivity (Wildman–Crippen MR) is 143 cm³/mol. The Kier molecular flexibility index (Phi) is 5.05. The molecule has 0 fully saturated rings. The highest BCUT2D eigenvalue weighted by atomic mass is 79.9. The van der Waals surface area contributed by atoms with Gasteiger partial charge in [0.05, 0.1) is 0 Å². The molecule has 0 bridgehead atoms. The summed E-state index contributed by atoms with van der Waals surface area (Å²) in [6, 6.07) is 37.6.